The molecular formula is C32H41ClN6O4. The molecule has 0 spiro atoms. The molecule has 1 atom stereocenters. The SMILES string of the molecule is CN1CCOC(COc2nc3c(c(N4CCN(C(=O)OC(C)(C)C)CC4)n2)CCN(c2cccc4cccc(Cl)c24)C3)C1. The van der Waals surface area contributed by atoms with E-state index < -0.39 is 5.60 Å². The van der Waals surface area contributed by atoms with Gasteiger partial charge in [0.05, 0.1) is 23.9 Å². The highest BCUT2D eigenvalue weighted by atomic mass is 35.5. The Morgan fingerprint density at radius 3 is 2.53 bits per heavy atom. The lowest BCUT2D eigenvalue weighted by Crippen LogP contribution is -2.50. The molecule has 3 aliphatic rings. The van der Waals surface area contributed by atoms with Crippen LogP contribution < -0.4 is 14.5 Å². The summed E-state index contributed by atoms with van der Waals surface area (Å²) in [5, 5.41) is 2.91. The molecule has 11 heteroatoms. The number of carbonyl (C=O) groups is 1. The van der Waals surface area contributed by atoms with Crippen LogP contribution in [0.25, 0.3) is 10.8 Å². The average molecular weight is 609 g/mol. The zero-order chi connectivity index (χ0) is 30.1. The molecule has 3 aliphatic heterocycles. The molecule has 0 bridgehead atoms. The molecule has 1 unspecified atom stereocenters. The number of morpholine rings is 1. The number of aromatic nitrogens is 2. The van der Waals surface area contributed by atoms with Crippen molar-refractivity contribution < 1.29 is 19.0 Å². The van der Waals surface area contributed by atoms with Gasteiger partial charge in [-0.3, -0.25) is 0 Å². The van der Waals surface area contributed by atoms with Crippen molar-refractivity contribution in [2.45, 2.75) is 45.4 Å². The number of anilines is 2. The molecule has 0 saturated carbocycles. The first-order chi connectivity index (χ1) is 20.6. The van der Waals surface area contributed by atoms with Gasteiger partial charge in [0, 0.05) is 62.5 Å². The number of amides is 1. The number of carbonyl (C=O) groups excluding carboxylic acids is 1. The standard InChI is InChI=1S/C32H41ClN6O4/c1-32(2,3)43-31(40)38-15-13-37(14-16-38)29-24-11-12-39(27-10-6-8-22-7-5-9-25(33)28(22)27)20-26(24)34-30(35-29)42-21-23-19-36(4)17-18-41-23/h5-10,23H,11-21H2,1-4H3. The molecule has 3 aromatic rings. The molecule has 6 rings (SSSR count). The molecule has 0 N–H and O–H groups in total. The smallest absolute Gasteiger partial charge is 0.410 e. The van der Waals surface area contributed by atoms with Crippen LogP contribution in [0.15, 0.2) is 36.4 Å². The maximum atomic E-state index is 12.7. The van der Waals surface area contributed by atoms with Gasteiger partial charge in [0.2, 0.25) is 0 Å². The first-order valence-corrected chi connectivity index (χ1v) is 15.5. The number of hydrogen-bond donors (Lipinski definition) is 0. The molecule has 0 aliphatic carbocycles. The van der Waals surface area contributed by atoms with Crippen LogP contribution in [0.3, 0.4) is 0 Å². The van der Waals surface area contributed by atoms with E-state index in [1.54, 1.807) is 4.90 Å². The number of fused-ring (bicyclic) bond motifs is 2. The van der Waals surface area contributed by atoms with Gasteiger partial charge < -0.3 is 33.8 Å². The maximum absolute atomic E-state index is 12.7. The Bertz CT molecular complexity index is 1470. The Morgan fingerprint density at radius 2 is 1.79 bits per heavy atom. The predicted molar refractivity (Wildman–Crippen MR) is 168 cm³/mol. The molecule has 0 radical (unpaired) electrons. The third-order valence-corrected chi connectivity index (χ3v) is 8.48. The van der Waals surface area contributed by atoms with Crippen LogP contribution in [0.1, 0.15) is 32.0 Å². The van der Waals surface area contributed by atoms with Crippen LogP contribution in [0.2, 0.25) is 5.02 Å². The molecule has 2 saturated heterocycles. The zero-order valence-corrected chi connectivity index (χ0v) is 26.3. The van der Waals surface area contributed by atoms with Crippen LogP contribution in [-0.2, 0) is 22.4 Å². The summed E-state index contributed by atoms with van der Waals surface area (Å²) in [7, 11) is 2.09. The van der Waals surface area contributed by atoms with Gasteiger partial charge in [0.25, 0.3) is 0 Å². The summed E-state index contributed by atoms with van der Waals surface area (Å²) >= 11 is 6.70. The topological polar surface area (TPSA) is 83.5 Å². The van der Waals surface area contributed by atoms with E-state index >= 15 is 0 Å². The summed E-state index contributed by atoms with van der Waals surface area (Å²) in [6.45, 7) is 12.3. The van der Waals surface area contributed by atoms with Gasteiger partial charge in [0.15, 0.2) is 0 Å². The average Bonchev–Trinajstić information content (AvgIpc) is 2.98. The van der Waals surface area contributed by atoms with E-state index in [1.807, 2.05) is 32.9 Å². The summed E-state index contributed by atoms with van der Waals surface area (Å²) in [6.07, 6.45) is 0.477. The Balaban J connectivity index is 1.26. The molecule has 43 heavy (non-hydrogen) atoms. The summed E-state index contributed by atoms with van der Waals surface area (Å²) in [6, 6.07) is 12.7. The largest absolute Gasteiger partial charge is 0.461 e. The van der Waals surface area contributed by atoms with Gasteiger partial charge >= 0.3 is 12.1 Å². The van der Waals surface area contributed by atoms with Gasteiger partial charge in [0.1, 0.15) is 24.1 Å². The van der Waals surface area contributed by atoms with E-state index in [0.717, 1.165) is 64.6 Å². The number of halogens is 1. The van der Waals surface area contributed by atoms with Crippen LogP contribution in [0, 0.1) is 0 Å². The van der Waals surface area contributed by atoms with Crippen molar-refractivity contribution in [3.8, 4) is 6.01 Å². The van der Waals surface area contributed by atoms with E-state index in [9.17, 15) is 4.79 Å². The van der Waals surface area contributed by atoms with Gasteiger partial charge in [-0.15, -0.1) is 0 Å². The van der Waals surface area contributed by atoms with Gasteiger partial charge in [-0.05, 0) is 51.8 Å². The Hall–Kier alpha value is -3.34. The minimum atomic E-state index is -0.525. The second-order valence-corrected chi connectivity index (χ2v) is 13.0. The normalized spacial score (nSPS) is 19.8. The van der Waals surface area contributed by atoms with Crippen molar-refractivity contribution in [1.82, 2.24) is 19.8 Å². The Labute approximate surface area is 258 Å². The van der Waals surface area contributed by atoms with Gasteiger partial charge in [-0.25, -0.2) is 4.79 Å². The summed E-state index contributed by atoms with van der Waals surface area (Å²) < 4.78 is 17.7. The monoisotopic (exact) mass is 608 g/mol. The number of piperazine rings is 1. The summed E-state index contributed by atoms with van der Waals surface area (Å²) in [5.41, 5.74) is 2.66. The predicted octanol–water partition coefficient (Wildman–Crippen LogP) is 4.61. The van der Waals surface area contributed by atoms with Crippen molar-refractivity contribution in [1.29, 1.82) is 0 Å². The van der Waals surface area contributed by atoms with E-state index in [-0.39, 0.29) is 12.2 Å². The third-order valence-electron chi connectivity index (χ3n) is 8.17. The number of rotatable bonds is 5. The van der Waals surface area contributed by atoms with Crippen LogP contribution in [-0.4, -0.2) is 104 Å². The molecule has 10 nitrogen and oxygen atoms in total. The second-order valence-electron chi connectivity index (χ2n) is 12.6. The Kier molecular flexibility index (Phi) is 8.53. The minimum Gasteiger partial charge on any atom is -0.461 e. The fraction of sp³-hybridized carbons (Fsp3) is 0.531. The fourth-order valence-electron chi connectivity index (χ4n) is 6.02. The first-order valence-electron chi connectivity index (χ1n) is 15.1. The van der Waals surface area contributed by atoms with Crippen LogP contribution in [0.5, 0.6) is 6.01 Å². The van der Waals surface area contributed by atoms with Crippen molar-refractivity contribution >= 4 is 40.0 Å². The van der Waals surface area contributed by atoms with Crippen molar-refractivity contribution in [2.24, 2.45) is 0 Å². The van der Waals surface area contributed by atoms with Crippen molar-refractivity contribution in [3.63, 3.8) is 0 Å². The van der Waals surface area contributed by atoms with Crippen LogP contribution in [0.4, 0.5) is 16.3 Å². The molecule has 230 valence electrons. The minimum absolute atomic E-state index is 0.0338. The molecule has 2 fully saturated rings. The van der Waals surface area contributed by atoms with E-state index in [1.165, 1.54) is 0 Å². The van der Waals surface area contributed by atoms with Gasteiger partial charge in [-0.1, -0.05) is 35.9 Å². The van der Waals surface area contributed by atoms with Crippen molar-refractivity contribution in [3.05, 3.63) is 52.7 Å². The number of ether oxygens (including phenoxy) is 3. The number of hydrogen-bond acceptors (Lipinski definition) is 9. The number of nitrogens with zero attached hydrogens (tertiary/aromatic N) is 6. The lowest BCUT2D eigenvalue weighted by Gasteiger charge is -2.38. The van der Waals surface area contributed by atoms with E-state index in [0.29, 0.717) is 51.9 Å². The lowest BCUT2D eigenvalue weighted by atomic mass is 10.0. The van der Waals surface area contributed by atoms with E-state index in [2.05, 4.69) is 46.0 Å². The van der Waals surface area contributed by atoms with E-state index in [4.69, 9.17) is 35.8 Å². The molecule has 1 aromatic heterocycles. The quantitative estimate of drug-likeness (QED) is 0.412. The molecular weight excluding hydrogens is 568 g/mol. The Morgan fingerprint density at radius 1 is 1.02 bits per heavy atom. The number of benzene rings is 2. The molecule has 2 aromatic carbocycles. The summed E-state index contributed by atoms with van der Waals surface area (Å²) in [5.74, 6) is 0.890. The molecule has 1 amide bonds. The lowest BCUT2D eigenvalue weighted by molar-refractivity contribution is -0.0417. The second kappa shape index (κ2) is 12.3. The zero-order valence-electron chi connectivity index (χ0n) is 25.5. The summed E-state index contributed by atoms with van der Waals surface area (Å²) in [4.78, 5) is 31.2. The highest BCUT2D eigenvalue weighted by molar-refractivity contribution is 6.36. The van der Waals surface area contributed by atoms with Gasteiger partial charge in [-0.2, -0.15) is 9.97 Å². The fourth-order valence-corrected chi connectivity index (χ4v) is 6.30. The first kappa shape index (κ1) is 29.7. The maximum Gasteiger partial charge on any atom is 0.410 e. The molecule has 4 heterocycles. The van der Waals surface area contributed by atoms with Crippen molar-refractivity contribution in [2.75, 3.05) is 75.9 Å². The van der Waals surface area contributed by atoms with Crippen LogP contribution >= 0.6 is 11.6 Å². The number of likely N-dealkylation sites (N-methyl/N-ethyl adjacent to an activating group) is 1. The highest BCUT2D eigenvalue weighted by Crippen LogP contribution is 2.37. The third kappa shape index (κ3) is 6.76. The highest BCUT2D eigenvalue weighted by Gasteiger charge is 2.31.